The number of sulfonamides is 1. The molecular weight excluding hydrogens is 421 g/mol. The second-order valence-corrected chi connectivity index (χ2v) is 8.30. The van der Waals surface area contributed by atoms with Gasteiger partial charge in [-0.1, -0.05) is 35.5 Å². The molecule has 31 heavy (non-hydrogen) atoms. The Bertz CT molecular complexity index is 1300. The molecule has 0 fully saturated rings. The molecule has 9 heteroatoms. The number of hydrogen-bond acceptors (Lipinski definition) is 6. The van der Waals surface area contributed by atoms with Gasteiger partial charge < -0.3 is 9.26 Å². The summed E-state index contributed by atoms with van der Waals surface area (Å²) in [5.41, 5.74) is 1.50. The molecule has 0 atom stereocenters. The molecule has 1 aromatic heterocycles. The minimum absolute atomic E-state index is 0.000737. The van der Waals surface area contributed by atoms with Gasteiger partial charge in [-0.3, -0.25) is 0 Å². The maximum absolute atomic E-state index is 13.2. The third kappa shape index (κ3) is 4.47. The van der Waals surface area contributed by atoms with Crippen molar-refractivity contribution in [3.8, 4) is 28.6 Å². The van der Waals surface area contributed by atoms with Crippen molar-refractivity contribution in [3.05, 3.63) is 84.2 Å². The SMILES string of the molecule is COc1ccccc1CNS(=O)(=O)c1ccccc1-c1nc(-c2ccc(F)cc2)no1. The maximum Gasteiger partial charge on any atom is 0.259 e. The van der Waals surface area contributed by atoms with Crippen molar-refractivity contribution in [1.29, 1.82) is 0 Å². The van der Waals surface area contributed by atoms with Crippen LogP contribution in [-0.2, 0) is 16.6 Å². The Morgan fingerprint density at radius 2 is 1.71 bits per heavy atom. The fraction of sp³-hybridized carbons (Fsp3) is 0.0909. The van der Waals surface area contributed by atoms with Gasteiger partial charge >= 0.3 is 0 Å². The molecule has 0 aliphatic rings. The third-order valence-electron chi connectivity index (χ3n) is 4.58. The molecule has 0 amide bonds. The Morgan fingerprint density at radius 3 is 2.48 bits per heavy atom. The number of halogens is 1. The summed E-state index contributed by atoms with van der Waals surface area (Å²) in [6.45, 7) is 0.0470. The van der Waals surface area contributed by atoms with Crippen LogP contribution in [0.4, 0.5) is 4.39 Å². The quantitative estimate of drug-likeness (QED) is 0.467. The molecular formula is C22H18FN3O4S. The van der Waals surface area contributed by atoms with Crippen LogP contribution in [-0.4, -0.2) is 25.7 Å². The van der Waals surface area contributed by atoms with Gasteiger partial charge in [-0.15, -0.1) is 0 Å². The normalized spacial score (nSPS) is 11.4. The van der Waals surface area contributed by atoms with Gasteiger partial charge in [0.25, 0.3) is 5.89 Å². The van der Waals surface area contributed by atoms with Crippen molar-refractivity contribution < 1.29 is 22.1 Å². The van der Waals surface area contributed by atoms with Crippen molar-refractivity contribution in [2.75, 3.05) is 7.11 Å². The average molecular weight is 439 g/mol. The highest BCUT2D eigenvalue weighted by atomic mass is 32.2. The number of para-hydroxylation sites is 1. The Balaban J connectivity index is 1.63. The molecule has 158 valence electrons. The summed E-state index contributed by atoms with van der Waals surface area (Å²) in [6, 6.07) is 19.1. The van der Waals surface area contributed by atoms with E-state index in [0.717, 1.165) is 0 Å². The zero-order valence-electron chi connectivity index (χ0n) is 16.4. The highest BCUT2D eigenvalue weighted by molar-refractivity contribution is 7.89. The predicted octanol–water partition coefficient (Wildman–Crippen LogP) is 4.03. The van der Waals surface area contributed by atoms with Crippen LogP contribution in [0.5, 0.6) is 5.75 Å². The van der Waals surface area contributed by atoms with Crippen molar-refractivity contribution in [3.63, 3.8) is 0 Å². The Hall–Kier alpha value is -3.56. The average Bonchev–Trinajstić information content (AvgIpc) is 3.28. The van der Waals surface area contributed by atoms with Gasteiger partial charge in [-0.2, -0.15) is 4.98 Å². The minimum atomic E-state index is -3.91. The number of ether oxygens (including phenoxy) is 1. The molecule has 7 nitrogen and oxygen atoms in total. The van der Waals surface area contributed by atoms with E-state index in [2.05, 4.69) is 14.9 Å². The van der Waals surface area contributed by atoms with Crippen LogP contribution >= 0.6 is 0 Å². The second kappa shape index (κ2) is 8.66. The van der Waals surface area contributed by atoms with Crippen molar-refractivity contribution in [1.82, 2.24) is 14.9 Å². The first-order valence-corrected chi connectivity index (χ1v) is 10.8. The molecule has 0 aliphatic heterocycles. The van der Waals surface area contributed by atoms with E-state index in [1.54, 1.807) is 42.5 Å². The molecule has 0 saturated heterocycles. The van der Waals surface area contributed by atoms with Crippen LogP contribution in [0, 0.1) is 5.82 Å². The molecule has 0 unspecified atom stereocenters. The van der Waals surface area contributed by atoms with Crippen LogP contribution in [0.2, 0.25) is 0 Å². The molecule has 3 aromatic carbocycles. The van der Waals surface area contributed by atoms with Gasteiger partial charge in [0.2, 0.25) is 15.8 Å². The van der Waals surface area contributed by atoms with E-state index in [1.807, 2.05) is 0 Å². The molecule has 1 N–H and O–H groups in total. The fourth-order valence-corrected chi connectivity index (χ4v) is 4.23. The van der Waals surface area contributed by atoms with Crippen LogP contribution in [0.3, 0.4) is 0 Å². The van der Waals surface area contributed by atoms with Gasteiger partial charge in [0.15, 0.2) is 0 Å². The Labute approximate surface area is 178 Å². The third-order valence-corrected chi connectivity index (χ3v) is 6.04. The predicted molar refractivity (Wildman–Crippen MR) is 112 cm³/mol. The number of rotatable bonds is 7. The van der Waals surface area contributed by atoms with E-state index in [1.165, 1.54) is 37.4 Å². The minimum Gasteiger partial charge on any atom is -0.496 e. The standard InChI is InChI=1S/C22H18FN3O4S/c1-29-19-8-4-2-6-16(19)14-24-31(27,28)20-9-5-3-7-18(20)22-25-21(26-30-22)15-10-12-17(23)13-11-15/h2-13,24H,14H2,1H3. The smallest absolute Gasteiger partial charge is 0.259 e. The van der Waals surface area contributed by atoms with E-state index in [-0.39, 0.29) is 34.5 Å². The van der Waals surface area contributed by atoms with Crippen LogP contribution in [0.1, 0.15) is 5.56 Å². The second-order valence-electron chi connectivity index (χ2n) is 6.56. The number of nitrogens with one attached hydrogen (secondary N) is 1. The van der Waals surface area contributed by atoms with Crippen molar-refractivity contribution in [2.24, 2.45) is 0 Å². The van der Waals surface area contributed by atoms with Crippen molar-refractivity contribution in [2.45, 2.75) is 11.4 Å². The van der Waals surface area contributed by atoms with Crippen LogP contribution in [0.15, 0.2) is 82.2 Å². The first-order valence-electron chi connectivity index (χ1n) is 9.28. The van der Waals surface area contributed by atoms with Crippen molar-refractivity contribution >= 4 is 10.0 Å². The summed E-state index contributed by atoms with van der Waals surface area (Å²) in [5.74, 6) is 0.464. The lowest BCUT2D eigenvalue weighted by Gasteiger charge is -2.11. The summed E-state index contributed by atoms with van der Waals surface area (Å²) in [5, 5.41) is 3.89. The number of methoxy groups -OCH3 is 1. The summed E-state index contributed by atoms with van der Waals surface area (Å²) in [4.78, 5) is 4.29. The molecule has 4 rings (SSSR count). The lowest BCUT2D eigenvalue weighted by atomic mass is 10.2. The monoisotopic (exact) mass is 439 g/mol. The zero-order valence-corrected chi connectivity index (χ0v) is 17.3. The molecule has 0 saturated carbocycles. The number of aromatic nitrogens is 2. The van der Waals surface area contributed by atoms with E-state index in [4.69, 9.17) is 9.26 Å². The summed E-state index contributed by atoms with van der Waals surface area (Å²) < 4.78 is 52.4. The van der Waals surface area contributed by atoms with Gasteiger partial charge in [-0.25, -0.2) is 17.5 Å². The van der Waals surface area contributed by atoms with Crippen LogP contribution < -0.4 is 9.46 Å². The lowest BCUT2D eigenvalue weighted by molar-refractivity contribution is 0.409. The van der Waals surface area contributed by atoms with Crippen LogP contribution in [0.25, 0.3) is 22.8 Å². The van der Waals surface area contributed by atoms with E-state index in [0.29, 0.717) is 16.9 Å². The van der Waals surface area contributed by atoms with Gasteiger partial charge in [0, 0.05) is 17.7 Å². The molecule has 0 spiro atoms. The van der Waals surface area contributed by atoms with E-state index >= 15 is 0 Å². The van der Waals surface area contributed by atoms with E-state index in [9.17, 15) is 12.8 Å². The summed E-state index contributed by atoms with van der Waals surface area (Å²) in [6.07, 6.45) is 0. The largest absolute Gasteiger partial charge is 0.496 e. The van der Waals surface area contributed by atoms with Gasteiger partial charge in [-0.05, 0) is 42.5 Å². The highest BCUT2D eigenvalue weighted by Crippen LogP contribution is 2.28. The first-order chi connectivity index (χ1) is 15.0. The Morgan fingerprint density at radius 1 is 1.00 bits per heavy atom. The zero-order chi connectivity index (χ0) is 21.8. The maximum atomic E-state index is 13.2. The number of nitrogens with zero attached hydrogens (tertiary/aromatic N) is 2. The number of benzene rings is 3. The molecule has 4 aromatic rings. The number of hydrogen-bond donors (Lipinski definition) is 1. The molecule has 0 aliphatic carbocycles. The van der Waals surface area contributed by atoms with E-state index < -0.39 is 10.0 Å². The van der Waals surface area contributed by atoms with Gasteiger partial charge in [0.1, 0.15) is 11.6 Å². The topological polar surface area (TPSA) is 94.3 Å². The summed E-state index contributed by atoms with van der Waals surface area (Å²) in [7, 11) is -2.38. The highest BCUT2D eigenvalue weighted by Gasteiger charge is 2.23. The van der Waals surface area contributed by atoms with Gasteiger partial charge in [0.05, 0.1) is 17.6 Å². The molecule has 0 radical (unpaired) electrons. The summed E-state index contributed by atoms with van der Waals surface area (Å²) >= 11 is 0. The Kier molecular flexibility index (Phi) is 5.79. The molecule has 0 bridgehead atoms. The fourth-order valence-electron chi connectivity index (χ4n) is 3.03. The molecule has 1 heterocycles. The first kappa shape index (κ1) is 20.7. The lowest BCUT2D eigenvalue weighted by Crippen LogP contribution is -2.24.